The lowest BCUT2D eigenvalue weighted by Crippen LogP contribution is -2.22. The zero-order chi connectivity index (χ0) is 22.1. The van der Waals surface area contributed by atoms with Gasteiger partial charge in [0.1, 0.15) is 23.0 Å². The molecule has 0 radical (unpaired) electrons. The highest BCUT2D eigenvalue weighted by Crippen LogP contribution is 2.35. The molecule has 0 fully saturated rings. The van der Waals surface area contributed by atoms with Gasteiger partial charge in [0.2, 0.25) is 5.91 Å². The number of nitrogens with two attached hydrogens (primary N) is 1. The molecule has 1 amide bonds. The Balaban J connectivity index is 2.22. The first-order chi connectivity index (χ1) is 14.4. The minimum Gasteiger partial charge on any atom is -0.496 e. The van der Waals surface area contributed by atoms with Crippen molar-refractivity contribution in [3.63, 3.8) is 0 Å². The van der Waals surface area contributed by atoms with Crippen LogP contribution in [0.5, 0.6) is 23.0 Å². The van der Waals surface area contributed by atoms with Gasteiger partial charge in [-0.05, 0) is 23.8 Å². The maximum atomic E-state index is 12.6. The number of nitrogens with one attached hydrogen (secondary N) is 1. The van der Waals surface area contributed by atoms with Crippen LogP contribution in [0.25, 0.3) is 6.08 Å². The van der Waals surface area contributed by atoms with Crippen molar-refractivity contribution < 1.29 is 28.0 Å². The average Bonchev–Trinajstić information content (AvgIpc) is 2.77. The van der Waals surface area contributed by atoms with Crippen LogP contribution < -0.4 is 30.0 Å². The van der Waals surface area contributed by atoms with E-state index in [0.717, 1.165) is 5.56 Å². The largest absolute Gasteiger partial charge is 0.496 e. The summed E-state index contributed by atoms with van der Waals surface area (Å²) in [6, 6.07) is 8.66. The van der Waals surface area contributed by atoms with E-state index < -0.39 is 10.8 Å². The molecule has 0 bridgehead atoms. The SMILES string of the molecule is COc1cc(OC)c(C=CS(=O)Cc2ccc(OC)c(NC(=O)CN)c2)c(OC)c1. The Bertz CT molecular complexity index is 920. The molecule has 0 heterocycles. The highest BCUT2D eigenvalue weighted by atomic mass is 32.2. The molecule has 0 aliphatic heterocycles. The molecule has 0 aliphatic carbocycles. The minimum absolute atomic E-state index is 0.145. The molecule has 1 unspecified atom stereocenters. The lowest BCUT2D eigenvalue weighted by Gasteiger charge is -2.12. The molecular weight excluding hydrogens is 408 g/mol. The Labute approximate surface area is 178 Å². The van der Waals surface area contributed by atoms with Crippen LogP contribution in [0.1, 0.15) is 11.1 Å². The summed E-state index contributed by atoms with van der Waals surface area (Å²) in [6.45, 7) is -0.145. The topological polar surface area (TPSA) is 109 Å². The second-order valence-corrected chi connectivity index (χ2v) is 7.38. The van der Waals surface area contributed by atoms with E-state index in [4.69, 9.17) is 24.7 Å². The number of benzene rings is 2. The molecule has 9 heteroatoms. The fraction of sp³-hybridized carbons (Fsp3) is 0.286. The Morgan fingerprint density at radius 1 is 1.00 bits per heavy atom. The fourth-order valence-electron chi connectivity index (χ4n) is 2.70. The van der Waals surface area contributed by atoms with E-state index in [9.17, 15) is 9.00 Å². The Kier molecular flexibility index (Phi) is 8.70. The van der Waals surface area contributed by atoms with Crippen LogP contribution >= 0.6 is 0 Å². The standard InChI is InChI=1S/C21H26N2O6S/c1-26-15-10-19(28-3)16(20(11-15)29-4)7-8-30(25)13-14-5-6-18(27-2)17(9-14)23-21(24)12-22/h5-11H,12-13,22H2,1-4H3,(H,23,24). The van der Waals surface area contributed by atoms with Crippen LogP contribution in [0.2, 0.25) is 0 Å². The molecule has 3 N–H and O–H groups in total. The number of rotatable bonds is 10. The number of methoxy groups -OCH3 is 4. The zero-order valence-corrected chi connectivity index (χ0v) is 18.2. The Morgan fingerprint density at radius 3 is 2.17 bits per heavy atom. The zero-order valence-electron chi connectivity index (χ0n) is 17.4. The summed E-state index contributed by atoms with van der Waals surface area (Å²) >= 11 is 0. The van der Waals surface area contributed by atoms with Crippen LogP contribution in [-0.2, 0) is 21.3 Å². The van der Waals surface area contributed by atoms with Crippen molar-refractivity contribution in [2.75, 3.05) is 40.3 Å². The maximum Gasteiger partial charge on any atom is 0.238 e. The molecule has 0 aromatic heterocycles. The summed E-state index contributed by atoms with van der Waals surface area (Å²) in [5, 5.41) is 4.24. The van der Waals surface area contributed by atoms with Gasteiger partial charge >= 0.3 is 0 Å². The Hall–Kier alpha value is -3.04. The summed E-state index contributed by atoms with van der Waals surface area (Å²) in [5.74, 6) is 2.06. The molecule has 2 rings (SSSR count). The van der Waals surface area contributed by atoms with E-state index in [0.29, 0.717) is 34.2 Å². The van der Waals surface area contributed by atoms with Gasteiger partial charge in [-0.2, -0.15) is 0 Å². The predicted octanol–water partition coefficient (Wildman–Crippen LogP) is 2.54. The van der Waals surface area contributed by atoms with Gasteiger partial charge < -0.3 is 30.0 Å². The van der Waals surface area contributed by atoms with E-state index in [1.54, 1.807) is 48.9 Å². The van der Waals surface area contributed by atoms with Gasteiger partial charge in [-0.25, -0.2) is 0 Å². The number of hydrogen-bond donors (Lipinski definition) is 2. The van der Waals surface area contributed by atoms with Crippen LogP contribution in [0.4, 0.5) is 5.69 Å². The molecule has 8 nitrogen and oxygen atoms in total. The lowest BCUT2D eigenvalue weighted by molar-refractivity contribution is -0.114. The minimum atomic E-state index is -1.33. The van der Waals surface area contributed by atoms with Crippen LogP contribution in [-0.4, -0.2) is 45.1 Å². The lowest BCUT2D eigenvalue weighted by atomic mass is 10.1. The fourth-order valence-corrected chi connectivity index (χ4v) is 3.59. The van der Waals surface area contributed by atoms with Crippen LogP contribution in [0.15, 0.2) is 35.7 Å². The summed E-state index contributed by atoms with van der Waals surface area (Å²) in [5.41, 5.74) is 7.24. The third-order valence-corrected chi connectivity index (χ3v) is 5.23. The number of carbonyl (C=O) groups is 1. The summed E-state index contributed by atoms with van der Waals surface area (Å²) in [7, 11) is 4.80. The van der Waals surface area contributed by atoms with Crippen LogP contribution in [0, 0.1) is 0 Å². The molecule has 2 aromatic rings. The number of hydrogen-bond acceptors (Lipinski definition) is 7. The second-order valence-electron chi connectivity index (χ2n) is 6.06. The van der Waals surface area contributed by atoms with Crippen molar-refractivity contribution >= 4 is 28.5 Å². The Morgan fingerprint density at radius 2 is 1.63 bits per heavy atom. The first-order valence-corrected chi connectivity index (χ1v) is 10.4. The van der Waals surface area contributed by atoms with Gasteiger partial charge in [0.25, 0.3) is 0 Å². The molecule has 0 spiro atoms. The number of carbonyl (C=O) groups excluding carboxylic acids is 1. The van der Waals surface area contributed by atoms with E-state index in [2.05, 4.69) is 5.32 Å². The first kappa shape index (κ1) is 23.2. The predicted molar refractivity (Wildman–Crippen MR) is 118 cm³/mol. The summed E-state index contributed by atoms with van der Waals surface area (Å²) in [6.07, 6.45) is 1.69. The molecule has 2 aromatic carbocycles. The second kappa shape index (κ2) is 11.2. The monoisotopic (exact) mass is 434 g/mol. The van der Waals surface area contributed by atoms with Crippen molar-refractivity contribution in [1.82, 2.24) is 0 Å². The van der Waals surface area contributed by atoms with Gasteiger partial charge in [0.15, 0.2) is 0 Å². The van der Waals surface area contributed by atoms with E-state index in [1.165, 1.54) is 21.3 Å². The number of amides is 1. The number of anilines is 1. The van der Waals surface area contributed by atoms with E-state index in [-0.39, 0.29) is 18.2 Å². The van der Waals surface area contributed by atoms with Gasteiger partial charge in [-0.3, -0.25) is 9.00 Å². The summed E-state index contributed by atoms with van der Waals surface area (Å²) < 4.78 is 33.9. The van der Waals surface area contributed by atoms with Crippen LogP contribution in [0.3, 0.4) is 0 Å². The van der Waals surface area contributed by atoms with Gasteiger partial charge in [-0.1, -0.05) is 6.07 Å². The average molecular weight is 435 g/mol. The first-order valence-electron chi connectivity index (χ1n) is 8.97. The quantitative estimate of drug-likeness (QED) is 0.591. The molecule has 0 saturated carbocycles. The molecule has 30 heavy (non-hydrogen) atoms. The third kappa shape index (κ3) is 5.98. The highest BCUT2D eigenvalue weighted by molar-refractivity contribution is 7.87. The summed E-state index contributed by atoms with van der Waals surface area (Å²) in [4.78, 5) is 11.6. The van der Waals surface area contributed by atoms with Gasteiger partial charge in [0.05, 0.1) is 62.8 Å². The molecule has 0 aliphatic rings. The van der Waals surface area contributed by atoms with Crippen molar-refractivity contribution in [3.05, 3.63) is 46.9 Å². The maximum absolute atomic E-state index is 12.6. The molecule has 162 valence electrons. The third-order valence-electron chi connectivity index (χ3n) is 4.17. The molecular formula is C21H26N2O6S. The van der Waals surface area contributed by atoms with Crippen molar-refractivity contribution in [3.8, 4) is 23.0 Å². The highest BCUT2D eigenvalue weighted by Gasteiger charge is 2.12. The van der Waals surface area contributed by atoms with E-state index >= 15 is 0 Å². The normalized spacial score (nSPS) is 11.8. The molecule has 0 saturated heterocycles. The van der Waals surface area contributed by atoms with Crippen molar-refractivity contribution in [1.29, 1.82) is 0 Å². The van der Waals surface area contributed by atoms with Crippen molar-refractivity contribution in [2.24, 2.45) is 5.73 Å². The van der Waals surface area contributed by atoms with Gasteiger partial charge in [0, 0.05) is 17.5 Å². The smallest absolute Gasteiger partial charge is 0.238 e. The van der Waals surface area contributed by atoms with Crippen molar-refractivity contribution in [2.45, 2.75) is 5.75 Å². The van der Waals surface area contributed by atoms with E-state index in [1.807, 2.05) is 0 Å². The molecule has 1 atom stereocenters. The number of ether oxygens (including phenoxy) is 4. The van der Waals surface area contributed by atoms with Gasteiger partial charge in [-0.15, -0.1) is 0 Å².